The van der Waals surface area contributed by atoms with Gasteiger partial charge in [-0.25, -0.2) is 0 Å². The predicted molar refractivity (Wildman–Crippen MR) is 135 cm³/mol. The lowest BCUT2D eigenvalue weighted by Gasteiger charge is -2.20. The molecule has 2 N–H and O–H groups in total. The highest BCUT2D eigenvalue weighted by atomic mass is 32.2. The van der Waals surface area contributed by atoms with Crippen LogP contribution >= 0.6 is 12.2 Å². The van der Waals surface area contributed by atoms with Crippen LogP contribution in [0.1, 0.15) is 15.9 Å². The third-order valence-electron chi connectivity index (χ3n) is 5.21. The first kappa shape index (κ1) is 23.5. The lowest BCUT2D eigenvalue weighted by Crippen LogP contribution is -2.09. The third-order valence-corrected chi connectivity index (χ3v) is 5.78. The van der Waals surface area contributed by atoms with Gasteiger partial charge in [-0.3, -0.25) is 9.10 Å². The van der Waals surface area contributed by atoms with E-state index in [4.69, 9.17) is 8.92 Å². The number of benzene rings is 3. The van der Waals surface area contributed by atoms with Gasteiger partial charge in [0.15, 0.2) is 6.29 Å². The molecule has 0 unspecified atom stereocenters. The number of hydrogen-bond acceptors (Lipinski definition) is 7. The summed E-state index contributed by atoms with van der Waals surface area (Å²) in [6.07, 6.45) is 1.88. The second-order valence-corrected chi connectivity index (χ2v) is 8.16. The van der Waals surface area contributed by atoms with Gasteiger partial charge in [-0.2, -0.15) is 0 Å². The Bertz CT molecular complexity index is 1060. The number of methoxy groups -OCH3 is 1. The lowest BCUT2D eigenvalue weighted by atomic mass is 10.0. The molecule has 3 aromatic rings. The summed E-state index contributed by atoms with van der Waals surface area (Å²) < 4.78 is 12.0. The van der Waals surface area contributed by atoms with Gasteiger partial charge in [0, 0.05) is 26.3 Å². The molecule has 4 rings (SSSR count). The van der Waals surface area contributed by atoms with Crippen molar-refractivity contribution in [3.8, 4) is 16.9 Å². The maximum Gasteiger partial charge on any atom is 0.153 e. The smallest absolute Gasteiger partial charge is 0.153 e. The number of carbonyl (C=O) groups is 1. The predicted octanol–water partition coefficient (Wildman–Crippen LogP) is 5.52. The van der Waals surface area contributed by atoms with Crippen LogP contribution in [0.15, 0.2) is 60.7 Å². The molecule has 1 aliphatic heterocycles. The van der Waals surface area contributed by atoms with Crippen LogP contribution < -0.4 is 19.7 Å². The minimum Gasteiger partial charge on any atom is -0.496 e. The van der Waals surface area contributed by atoms with E-state index in [2.05, 4.69) is 47.0 Å². The van der Waals surface area contributed by atoms with Gasteiger partial charge in [-0.05, 0) is 59.5 Å². The maximum absolute atomic E-state index is 10.3. The Morgan fingerprint density at radius 2 is 1.81 bits per heavy atom. The van der Waals surface area contributed by atoms with Gasteiger partial charge >= 0.3 is 0 Å². The maximum atomic E-state index is 10.3. The van der Waals surface area contributed by atoms with Crippen LogP contribution in [0.4, 0.5) is 17.1 Å². The summed E-state index contributed by atoms with van der Waals surface area (Å²) in [5.41, 5.74) is 7.92. The average molecular weight is 452 g/mol. The molecular weight excluding hydrogens is 422 g/mol. The number of fused-ring (bicyclic) bond motifs is 1. The fourth-order valence-corrected chi connectivity index (χ4v) is 4.05. The molecule has 0 aromatic heterocycles. The molecule has 0 saturated carbocycles. The monoisotopic (exact) mass is 451 g/mol. The van der Waals surface area contributed by atoms with Crippen molar-refractivity contribution in [1.82, 2.24) is 0 Å². The molecule has 0 amide bonds. The van der Waals surface area contributed by atoms with E-state index in [1.54, 1.807) is 32.4 Å². The molecule has 0 radical (unpaired) electrons. The largest absolute Gasteiger partial charge is 0.496 e. The van der Waals surface area contributed by atoms with Gasteiger partial charge in [-0.1, -0.05) is 24.3 Å². The zero-order valence-electron chi connectivity index (χ0n) is 18.8. The molecule has 1 heterocycles. The van der Waals surface area contributed by atoms with Crippen LogP contribution in [0.5, 0.6) is 5.75 Å². The molecule has 6 nitrogen and oxygen atoms in total. The van der Waals surface area contributed by atoms with E-state index < -0.39 is 0 Å². The van der Waals surface area contributed by atoms with E-state index in [9.17, 15) is 4.79 Å². The summed E-state index contributed by atoms with van der Waals surface area (Å²) in [7, 11) is 7.15. The Labute approximate surface area is 194 Å². The van der Waals surface area contributed by atoms with Gasteiger partial charge < -0.3 is 19.6 Å². The molecule has 0 spiro atoms. The molecule has 0 bridgehead atoms. The first-order valence-corrected chi connectivity index (χ1v) is 11.0. The summed E-state index contributed by atoms with van der Waals surface area (Å²) in [5.74, 6) is 0.623. The normalized spacial score (nSPS) is 11.5. The molecule has 0 atom stereocenters. The quantitative estimate of drug-likeness (QED) is 0.279. The minimum atomic E-state index is 0.588. The Hall–Kier alpha value is -3.16. The Morgan fingerprint density at radius 3 is 2.50 bits per heavy atom. The average Bonchev–Trinajstić information content (AvgIpc) is 3.32. The number of nitrogens with one attached hydrogen (secondary N) is 2. The highest BCUT2D eigenvalue weighted by Crippen LogP contribution is 2.35. The van der Waals surface area contributed by atoms with Gasteiger partial charge in [0.05, 0.1) is 31.2 Å². The minimum absolute atomic E-state index is 0.588. The summed E-state index contributed by atoms with van der Waals surface area (Å²) in [6.45, 7) is 1.04. The fraction of sp³-hybridized carbons (Fsp3) is 0.240. The van der Waals surface area contributed by atoms with Crippen molar-refractivity contribution >= 4 is 35.6 Å². The Morgan fingerprint density at radius 1 is 1.06 bits per heavy atom. The molecule has 1 aliphatic rings. The van der Waals surface area contributed by atoms with Gasteiger partial charge in [-0.15, -0.1) is 0 Å². The van der Waals surface area contributed by atoms with Crippen molar-refractivity contribution in [1.29, 1.82) is 0 Å². The number of hydrogen-bond donors (Lipinski definition) is 2. The number of carbonyl (C=O) groups excluding carboxylic acids is 1. The number of anilines is 3. The van der Waals surface area contributed by atoms with Crippen molar-refractivity contribution in [2.75, 3.05) is 49.8 Å². The van der Waals surface area contributed by atoms with Crippen molar-refractivity contribution in [2.45, 2.75) is 6.42 Å². The van der Waals surface area contributed by atoms with E-state index in [-0.39, 0.29) is 0 Å². The summed E-state index contributed by atoms with van der Waals surface area (Å²) in [5, 5.41) is 6.68. The van der Waals surface area contributed by atoms with E-state index >= 15 is 0 Å². The van der Waals surface area contributed by atoms with Crippen LogP contribution in [0.25, 0.3) is 11.1 Å². The van der Waals surface area contributed by atoms with Crippen molar-refractivity contribution in [3.05, 3.63) is 71.8 Å². The molecule has 3 aromatic carbocycles. The molecular formula is C25H29N3O3S. The van der Waals surface area contributed by atoms with E-state index in [1.807, 2.05) is 24.5 Å². The van der Waals surface area contributed by atoms with Crippen molar-refractivity contribution < 1.29 is 13.7 Å². The summed E-state index contributed by atoms with van der Waals surface area (Å²) in [4.78, 5) is 10.3. The van der Waals surface area contributed by atoms with Gasteiger partial charge in [0.2, 0.25) is 0 Å². The molecule has 0 aliphatic carbocycles. The lowest BCUT2D eigenvalue weighted by molar-refractivity contribution is 0.112. The third kappa shape index (κ3) is 5.55. The molecule has 32 heavy (non-hydrogen) atoms. The Balaban J connectivity index is 0.000000243. The van der Waals surface area contributed by atoms with Crippen LogP contribution in [0.3, 0.4) is 0 Å². The number of nitrogens with zero attached hydrogens (tertiary/aromatic N) is 1. The summed E-state index contributed by atoms with van der Waals surface area (Å²) >= 11 is 1.32. The molecule has 0 saturated heterocycles. The number of rotatable bonds is 7. The molecule has 168 valence electrons. The highest BCUT2D eigenvalue weighted by molar-refractivity contribution is 7.96. The first-order chi connectivity index (χ1) is 15.6. The number of aldehydes is 1. The van der Waals surface area contributed by atoms with Crippen molar-refractivity contribution in [2.24, 2.45) is 0 Å². The Kier molecular flexibility index (Phi) is 8.41. The second-order valence-electron chi connectivity index (χ2n) is 7.13. The van der Waals surface area contributed by atoms with Crippen LogP contribution in [0.2, 0.25) is 0 Å². The SMILES string of the molecule is CNc1cc(-c2ccc3c(c2)CCN3)ccc1N(C)SOC.COc1ccccc1C=O. The van der Waals surface area contributed by atoms with Crippen LogP contribution in [-0.4, -0.2) is 41.1 Å². The van der Waals surface area contributed by atoms with E-state index in [0.717, 1.165) is 30.6 Å². The topological polar surface area (TPSA) is 62.8 Å². The number of para-hydroxylation sites is 1. The first-order valence-electron chi connectivity index (χ1n) is 10.3. The van der Waals surface area contributed by atoms with E-state index in [0.29, 0.717) is 11.3 Å². The zero-order valence-corrected chi connectivity index (χ0v) is 19.7. The van der Waals surface area contributed by atoms with Gasteiger partial charge in [0.25, 0.3) is 0 Å². The second kappa shape index (κ2) is 11.5. The zero-order chi connectivity index (χ0) is 22.9. The van der Waals surface area contributed by atoms with Crippen LogP contribution in [0, 0.1) is 0 Å². The highest BCUT2D eigenvalue weighted by Gasteiger charge is 2.13. The van der Waals surface area contributed by atoms with Crippen LogP contribution in [-0.2, 0) is 10.6 Å². The van der Waals surface area contributed by atoms with Crippen molar-refractivity contribution in [3.63, 3.8) is 0 Å². The fourth-order valence-electron chi connectivity index (χ4n) is 3.59. The number of ether oxygens (including phenoxy) is 1. The summed E-state index contributed by atoms with van der Waals surface area (Å²) in [6, 6.07) is 20.2. The van der Waals surface area contributed by atoms with E-state index in [1.165, 1.54) is 34.6 Å². The molecule has 0 fully saturated rings. The van der Waals surface area contributed by atoms with Gasteiger partial charge in [0.1, 0.15) is 18.0 Å². The standard InChI is InChI=1S/C17H21N3OS.C8H8O2/c1-18-16-11-13(5-7-17(16)20(2)22-21-3)12-4-6-15-14(10-12)8-9-19-15;1-10-8-5-3-2-4-7(8)6-9/h4-7,10-11,18-19H,8-9H2,1-3H3;2-6H,1H3. The molecule has 7 heteroatoms.